The second kappa shape index (κ2) is 8.12. The lowest BCUT2D eigenvalue weighted by molar-refractivity contribution is -0.125. The van der Waals surface area contributed by atoms with E-state index in [0.717, 1.165) is 25.8 Å². The lowest BCUT2D eigenvalue weighted by atomic mass is 9.93. The maximum absolute atomic E-state index is 11.9. The van der Waals surface area contributed by atoms with Gasteiger partial charge in [0.1, 0.15) is 0 Å². The molecule has 6 nitrogen and oxygen atoms in total. The standard InChI is InChI=1S/C13H26N4O2/c1-10(12(18)16-13(15)19)17(9-5-8-14)11-6-3-2-4-7-11/h10-11H,2-9,14H2,1H3,(H3,15,16,18,19). The molecule has 0 aromatic heterocycles. The van der Waals surface area contributed by atoms with E-state index in [1.807, 2.05) is 6.92 Å². The van der Waals surface area contributed by atoms with Crippen molar-refractivity contribution in [2.45, 2.75) is 57.5 Å². The average molecular weight is 270 g/mol. The molecule has 1 fully saturated rings. The average Bonchev–Trinajstić information content (AvgIpc) is 2.39. The van der Waals surface area contributed by atoms with Gasteiger partial charge in [-0.05, 0) is 32.7 Å². The van der Waals surface area contributed by atoms with E-state index in [-0.39, 0.29) is 11.9 Å². The first-order chi connectivity index (χ1) is 9.06. The van der Waals surface area contributed by atoms with Gasteiger partial charge in [-0.15, -0.1) is 0 Å². The quantitative estimate of drug-likeness (QED) is 0.656. The van der Waals surface area contributed by atoms with Gasteiger partial charge in [0.2, 0.25) is 5.91 Å². The molecule has 5 N–H and O–H groups in total. The predicted molar refractivity (Wildman–Crippen MR) is 74.4 cm³/mol. The third-order valence-electron chi connectivity index (χ3n) is 3.79. The first kappa shape index (κ1) is 15.9. The summed E-state index contributed by atoms with van der Waals surface area (Å²) in [4.78, 5) is 24.9. The summed E-state index contributed by atoms with van der Waals surface area (Å²) in [6.45, 7) is 3.21. The minimum Gasteiger partial charge on any atom is -0.351 e. The van der Waals surface area contributed by atoms with E-state index in [2.05, 4.69) is 10.2 Å². The lowest BCUT2D eigenvalue weighted by Gasteiger charge is -2.37. The van der Waals surface area contributed by atoms with Crippen LogP contribution in [0.15, 0.2) is 0 Å². The highest BCUT2D eigenvalue weighted by Gasteiger charge is 2.29. The normalized spacial score (nSPS) is 18.3. The van der Waals surface area contributed by atoms with E-state index in [9.17, 15) is 9.59 Å². The Balaban J connectivity index is 2.65. The van der Waals surface area contributed by atoms with Gasteiger partial charge in [0.15, 0.2) is 0 Å². The highest BCUT2D eigenvalue weighted by molar-refractivity contribution is 5.96. The number of hydrogen-bond acceptors (Lipinski definition) is 4. The molecule has 0 bridgehead atoms. The summed E-state index contributed by atoms with van der Waals surface area (Å²) < 4.78 is 0. The molecule has 1 aliphatic rings. The van der Waals surface area contributed by atoms with Crippen molar-refractivity contribution in [2.75, 3.05) is 13.1 Å². The zero-order valence-corrected chi connectivity index (χ0v) is 11.7. The molecule has 0 aromatic carbocycles. The molecule has 0 saturated heterocycles. The number of carbonyl (C=O) groups is 2. The maximum atomic E-state index is 11.9. The molecule has 1 atom stereocenters. The number of primary amides is 1. The molecule has 3 amide bonds. The predicted octanol–water partition coefficient (Wildman–Crippen LogP) is 0.553. The van der Waals surface area contributed by atoms with Crippen LogP contribution in [0.4, 0.5) is 4.79 Å². The summed E-state index contributed by atoms with van der Waals surface area (Å²) >= 11 is 0. The number of nitrogens with one attached hydrogen (secondary N) is 1. The number of hydrogen-bond donors (Lipinski definition) is 3. The van der Waals surface area contributed by atoms with Crippen LogP contribution in [0.3, 0.4) is 0 Å². The Labute approximate surface area is 114 Å². The molecule has 0 heterocycles. The van der Waals surface area contributed by atoms with Gasteiger partial charge in [-0.1, -0.05) is 19.3 Å². The Morgan fingerprint density at radius 2 is 1.95 bits per heavy atom. The van der Waals surface area contributed by atoms with Crippen molar-refractivity contribution in [3.8, 4) is 0 Å². The van der Waals surface area contributed by atoms with Crippen LogP contribution in [0.1, 0.15) is 45.4 Å². The summed E-state index contributed by atoms with van der Waals surface area (Å²) in [5.74, 6) is -0.324. The molecule has 110 valence electrons. The van der Waals surface area contributed by atoms with Gasteiger partial charge in [0.25, 0.3) is 0 Å². The second-order valence-corrected chi connectivity index (χ2v) is 5.20. The Morgan fingerprint density at radius 3 is 2.47 bits per heavy atom. The van der Waals surface area contributed by atoms with Gasteiger partial charge in [-0.25, -0.2) is 4.79 Å². The third kappa shape index (κ3) is 5.16. The maximum Gasteiger partial charge on any atom is 0.318 e. The van der Waals surface area contributed by atoms with Crippen LogP contribution in [0.25, 0.3) is 0 Å². The first-order valence-electron chi connectivity index (χ1n) is 7.12. The number of rotatable bonds is 6. The zero-order chi connectivity index (χ0) is 14.3. The topological polar surface area (TPSA) is 101 Å². The van der Waals surface area contributed by atoms with E-state index < -0.39 is 6.03 Å². The number of amides is 3. The molecular formula is C13H26N4O2. The molecule has 0 radical (unpaired) electrons. The van der Waals surface area contributed by atoms with Crippen LogP contribution in [0.5, 0.6) is 0 Å². The van der Waals surface area contributed by atoms with Crippen LogP contribution in [0.2, 0.25) is 0 Å². The van der Waals surface area contributed by atoms with Crippen molar-refractivity contribution >= 4 is 11.9 Å². The zero-order valence-electron chi connectivity index (χ0n) is 11.7. The SMILES string of the molecule is CC(C(=O)NC(N)=O)N(CCCN)C1CCCCC1. The molecule has 1 unspecified atom stereocenters. The first-order valence-corrected chi connectivity index (χ1v) is 7.12. The van der Waals surface area contributed by atoms with E-state index in [1.165, 1.54) is 19.3 Å². The summed E-state index contributed by atoms with van der Waals surface area (Å²) in [6.07, 6.45) is 6.74. The van der Waals surface area contributed by atoms with Crippen LogP contribution in [0, 0.1) is 0 Å². The fraction of sp³-hybridized carbons (Fsp3) is 0.846. The van der Waals surface area contributed by atoms with Gasteiger partial charge < -0.3 is 11.5 Å². The molecule has 1 saturated carbocycles. The van der Waals surface area contributed by atoms with Crippen molar-refractivity contribution in [1.82, 2.24) is 10.2 Å². The fourth-order valence-electron chi connectivity index (χ4n) is 2.76. The Morgan fingerprint density at radius 1 is 1.32 bits per heavy atom. The Hall–Kier alpha value is -1.14. The number of carbonyl (C=O) groups excluding carboxylic acids is 2. The lowest BCUT2D eigenvalue weighted by Crippen LogP contribution is -2.52. The molecule has 0 spiro atoms. The monoisotopic (exact) mass is 270 g/mol. The smallest absolute Gasteiger partial charge is 0.318 e. The van der Waals surface area contributed by atoms with Gasteiger partial charge in [0, 0.05) is 12.6 Å². The van der Waals surface area contributed by atoms with Crippen molar-refractivity contribution in [3.05, 3.63) is 0 Å². The Bertz CT molecular complexity index is 303. The summed E-state index contributed by atoms with van der Waals surface area (Å²) in [7, 11) is 0. The van der Waals surface area contributed by atoms with E-state index in [1.54, 1.807) is 0 Å². The van der Waals surface area contributed by atoms with Gasteiger partial charge >= 0.3 is 6.03 Å². The van der Waals surface area contributed by atoms with E-state index in [0.29, 0.717) is 12.6 Å². The van der Waals surface area contributed by atoms with Gasteiger partial charge in [-0.3, -0.25) is 15.0 Å². The minimum atomic E-state index is -0.792. The number of nitrogens with two attached hydrogens (primary N) is 2. The van der Waals surface area contributed by atoms with Crippen molar-refractivity contribution in [1.29, 1.82) is 0 Å². The molecule has 19 heavy (non-hydrogen) atoms. The van der Waals surface area contributed by atoms with Crippen molar-refractivity contribution in [2.24, 2.45) is 11.5 Å². The van der Waals surface area contributed by atoms with Crippen LogP contribution in [-0.2, 0) is 4.79 Å². The second-order valence-electron chi connectivity index (χ2n) is 5.20. The molecule has 1 aliphatic carbocycles. The highest BCUT2D eigenvalue weighted by Crippen LogP contribution is 2.24. The van der Waals surface area contributed by atoms with E-state index >= 15 is 0 Å². The largest absolute Gasteiger partial charge is 0.351 e. The van der Waals surface area contributed by atoms with Crippen LogP contribution in [-0.4, -0.2) is 42.0 Å². The molecule has 0 aromatic rings. The summed E-state index contributed by atoms with van der Waals surface area (Å²) in [5, 5.41) is 2.17. The Kier molecular flexibility index (Phi) is 6.80. The minimum absolute atomic E-state index is 0.324. The molecule has 6 heteroatoms. The molecule has 0 aliphatic heterocycles. The third-order valence-corrected chi connectivity index (χ3v) is 3.79. The van der Waals surface area contributed by atoms with Crippen LogP contribution < -0.4 is 16.8 Å². The van der Waals surface area contributed by atoms with Gasteiger partial charge in [0.05, 0.1) is 6.04 Å². The van der Waals surface area contributed by atoms with E-state index in [4.69, 9.17) is 11.5 Å². The van der Waals surface area contributed by atoms with Crippen molar-refractivity contribution in [3.63, 3.8) is 0 Å². The molecular weight excluding hydrogens is 244 g/mol. The van der Waals surface area contributed by atoms with Crippen LogP contribution >= 0.6 is 0 Å². The fourth-order valence-corrected chi connectivity index (χ4v) is 2.76. The van der Waals surface area contributed by atoms with Gasteiger partial charge in [-0.2, -0.15) is 0 Å². The molecule has 1 rings (SSSR count). The number of nitrogens with zero attached hydrogens (tertiary/aromatic N) is 1. The number of urea groups is 1. The van der Waals surface area contributed by atoms with Crippen molar-refractivity contribution < 1.29 is 9.59 Å². The number of imide groups is 1. The summed E-state index contributed by atoms with van der Waals surface area (Å²) in [5.41, 5.74) is 10.6. The summed E-state index contributed by atoms with van der Waals surface area (Å²) in [6, 6.07) is -0.727. The highest BCUT2D eigenvalue weighted by atomic mass is 16.2.